The molecule has 11 heteroatoms. The second-order valence-corrected chi connectivity index (χ2v) is 8.76. The Kier molecular flexibility index (Phi) is 7.41. The maximum Gasteiger partial charge on any atom is 0.305 e. The molecule has 7 N–H and O–H groups in total. The van der Waals surface area contributed by atoms with E-state index in [2.05, 4.69) is 15.6 Å². The fourth-order valence-corrected chi connectivity index (χ4v) is 4.23. The van der Waals surface area contributed by atoms with Gasteiger partial charge in [0.05, 0.1) is 30.3 Å². The summed E-state index contributed by atoms with van der Waals surface area (Å²) in [5, 5.41) is 14.3. The van der Waals surface area contributed by atoms with Gasteiger partial charge in [0.1, 0.15) is 11.9 Å². The number of amidine groups is 1. The van der Waals surface area contributed by atoms with E-state index < -0.39 is 36.3 Å². The molecule has 0 bridgehead atoms. The first-order chi connectivity index (χ1) is 17.3. The van der Waals surface area contributed by atoms with Gasteiger partial charge in [-0.3, -0.25) is 24.1 Å². The van der Waals surface area contributed by atoms with Crippen molar-refractivity contribution in [3.8, 4) is 0 Å². The highest BCUT2D eigenvalue weighted by molar-refractivity contribution is 6.24. The Bertz CT molecular complexity index is 1240. The first kappa shape index (κ1) is 25.0. The quantitative estimate of drug-likeness (QED) is 0.308. The Balaban J connectivity index is 1.47. The molecule has 2 aliphatic heterocycles. The standard InChI is InChI=1S/C25H28N6O5/c26-10-4-3-7-18(27)23(34)30-20(12-21(32)33)24(35)28-15-8-9-19-14(11-15)13-31-22(29-19)16-5-1-2-6-17(16)25(31)36/h1-2,5-6,8-9,11,18,20H,3-4,7,10,12-13,26-27H2,(H,28,35)(H,30,34)(H,32,33)/t18-,20+/m0/s1. The van der Waals surface area contributed by atoms with Gasteiger partial charge in [0.2, 0.25) is 11.8 Å². The molecule has 188 valence electrons. The molecule has 3 amide bonds. The number of benzene rings is 2. The number of carbonyl (C=O) groups is 4. The molecule has 2 heterocycles. The minimum Gasteiger partial charge on any atom is -0.481 e. The van der Waals surface area contributed by atoms with Crippen molar-refractivity contribution in [2.24, 2.45) is 16.5 Å². The van der Waals surface area contributed by atoms with Crippen molar-refractivity contribution in [3.05, 3.63) is 59.2 Å². The van der Waals surface area contributed by atoms with Gasteiger partial charge in [-0.25, -0.2) is 4.99 Å². The van der Waals surface area contributed by atoms with Crippen molar-refractivity contribution in [1.29, 1.82) is 0 Å². The summed E-state index contributed by atoms with van der Waals surface area (Å²) < 4.78 is 0. The monoisotopic (exact) mass is 492 g/mol. The fourth-order valence-electron chi connectivity index (χ4n) is 4.23. The highest BCUT2D eigenvalue weighted by Gasteiger charge is 2.36. The molecule has 2 aliphatic rings. The van der Waals surface area contributed by atoms with Crippen molar-refractivity contribution in [2.75, 3.05) is 11.9 Å². The molecule has 2 aromatic rings. The van der Waals surface area contributed by atoms with Crippen LogP contribution >= 0.6 is 0 Å². The lowest BCUT2D eigenvalue weighted by Gasteiger charge is -2.24. The van der Waals surface area contributed by atoms with Gasteiger partial charge < -0.3 is 27.2 Å². The number of carboxylic acids is 1. The number of hydrogen-bond acceptors (Lipinski definition) is 7. The number of carboxylic acid groups (broad SMARTS) is 1. The zero-order valence-electron chi connectivity index (χ0n) is 19.6. The Morgan fingerprint density at radius 2 is 1.83 bits per heavy atom. The van der Waals surface area contributed by atoms with E-state index in [1.807, 2.05) is 12.1 Å². The summed E-state index contributed by atoms with van der Waals surface area (Å²) in [6.45, 7) is 0.753. The highest BCUT2D eigenvalue weighted by atomic mass is 16.4. The smallest absolute Gasteiger partial charge is 0.305 e. The van der Waals surface area contributed by atoms with E-state index in [-0.39, 0.29) is 12.5 Å². The first-order valence-corrected chi connectivity index (χ1v) is 11.7. The van der Waals surface area contributed by atoms with Crippen LogP contribution in [0.5, 0.6) is 0 Å². The molecule has 0 saturated carbocycles. The van der Waals surface area contributed by atoms with Gasteiger partial charge in [0, 0.05) is 11.3 Å². The fraction of sp³-hybridized carbons (Fsp3) is 0.320. The number of fused-ring (bicyclic) bond motifs is 4. The molecule has 2 aromatic carbocycles. The van der Waals surface area contributed by atoms with Crippen molar-refractivity contribution in [2.45, 2.75) is 44.3 Å². The summed E-state index contributed by atoms with van der Waals surface area (Å²) in [4.78, 5) is 55.6. The van der Waals surface area contributed by atoms with Gasteiger partial charge in [-0.2, -0.15) is 0 Å². The van der Waals surface area contributed by atoms with Crippen LogP contribution in [0.15, 0.2) is 47.5 Å². The summed E-state index contributed by atoms with van der Waals surface area (Å²) >= 11 is 0. The first-order valence-electron chi connectivity index (χ1n) is 11.7. The number of nitrogens with two attached hydrogens (primary N) is 2. The lowest BCUT2D eigenvalue weighted by Crippen LogP contribution is -2.50. The van der Waals surface area contributed by atoms with Crippen LogP contribution in [0.4, 0.5) is 11.4 Å². The predicted molar refractivity (Wildman–Crippen MR) is 133 cm³/mol. The minimum absolute atomic E-state index is 0.142. The van der Waals surface area contributed by atoms with Crippen LogP contribution in [0.3, 0.4) is 0 Å². The molecule has 0 saturated heterocycles. The zero-order chi connectivity index (χ0) is 25.8. The maximum absolute atomic E-state index is 12.9. The lowest BCUT2D eigenvalue weighted by molar-refractivity contribution is -0.139. The number of nitrogens with zero attached hydrogens (tertiary/aromatic N) is 2. The number of hydrogen-bond donors (Lipinski definition) is 5. The SMILES string of the molecule is NCCCC[C@H](N)C(=O)N[C@H](CC(=O)O)C(=O)Nc1ccc2c(c1)CN1C(=O)c3ccccc3C1=N2. The molecule has 4 rings (SSSR count). The summed E-state index contributed by atoms with van der Waals surface area (Å²) in [6, 6.07) is 10.1. The third-order valence-electron chi connectivity index (χ3n) is 6.12. The van der Waals surface area contributed by atoms with Crippen molar-refractivity contribution in [3.63, 3.8) is 0 Å². The van der Waals surface area contributed by atoms with Gasteiger partial charge in [-0.05, 0) is 49.2 Å². The van der Waals surface area contributed by atoms with E-state index in [1.165, 1.54) is 0 Å². The molecule has 0 aliphatic carbocycles. The molecule has 0 aromatic heterocycles. The minimum atomic E-state index is -1.31. The Morgan fingerprint density at radius 1 is 1.08 bits per heavy atom. The number of anilines is 1. The number of aliphatic carboxylic acids is 1. The molecular formula is C25H28N6O5. The zero-order valence-corrected chi connectivity index (χ0v) is 19.6. The predicted octanol–water partition coefficient (Wildman–Crippen LogP) is 1.09. The van der Waals surface area contributed by atoms with Crippen molar-refractivity contribution >= 4 is 40.9 Å². The van der Waals surface area contributed by atoms with Crippen LogP contribution in [-0.2, 0) is 20.9 Å². The molecule has 0 spiro atoms. The number of unbranched alkanes of at least 4 members (excludes halogenated alkanes) is 1. The lowest BCUT2D eigenvalue weighted by atomic mass is 10.1. The average molecular weight is 493 g/mol. The number of rotatable bonds is 10. The molecule has 2 atom stereocenters. The average Bonchev–Trinajstić information content (AvgIpc) is 3.13. The second-order valence-electron chi connectivity index (χ2n) is 8.76. The third kappa shape index (κ3) is 5.26. The van der Waals surface area contributed by atoms with E-state index in [0.717, 1.165) is 11.1 Å². The van der Waals surface area contributed by atoms with Crippen LogP contribution in [0.25, 0.3) is 0 Å². The summed E-state index contributed by atoms with van der Waals surface area (Å²) in [6.07, 6.45) is 1.12. The maximum atomic E-state index is 12.9. The van der Waals surface area contributed by atoms with Gasteiger partial charge in [0.15, 0.2) is 0 Å². The molecule has 0 unspecified atom stereocenters. The Labute approximate surface area is 207 Å². The van der Waals surface area contributed by atoms with Gasteiger partial charge in [0.25, 0.3) is 5.91 Å². The van der Waals surface area contributed by atoms with Crippen LogP contribution in [0, 0.1) is 0 Å². The van der Waals surface area contributed by atoms with Crippen molar-refractivity contribution in [1.82, 2.24) is 10.2 Å². The van der Waals surface area contributed by atoms with E-state index in [1.54, 1.807) is 35.2 Å². The number of nitrogens with one attached hydrogen (secondary N) is 2. The molecule has 36 heavy (non-hydrogen) atoms. The highest BCUT2D eigenvalue weighted by Crippen LogP contribution is 2.35. The van der Waals surface area contributed by atoms with Gasteiger partial charge in [-0.15, -0.1) is 0 Å². The van der Waals surface area contributed by atoms with Gasteiger partial charge >= 0.3 is 5.97 Å². The van der Waals surface area contributed by atoms with Crippen LogP contribution in [-0.4, -0.2) is 58.2 Å². The molecule has 11 nitrogen and oxygen atoms in total. The van der Waals surface area contributed by atoms with E-state index in [4.69, 9.17) is 11.5 Å². The summed E-state index contributed by atoms with van der Waals surface area (Å²) in [5.74, 6) is -2.09. The Hall–Kier alpha value is -4.09. The van der Waals surface area contributed by atoms with E-state index in [9.17, 15) is 24.3 Å². The van der Waals surface area contributed by atoms with Crippen LogP contribution in [0.2, 0.25) is 0 Å². The normalized spacial score (nSPS) is 15.2. The summed E-state index contributed by atoms with van der Waals surface area (Å²) in [7, 11) is 0. The molecule has 0 radical (unpaired) electrons. The topological polar surface area (TPSA) is 180 Å². The summed E-state index contributed by atoms with van der Waals surface area (Å²) in [5.41, 5.74) is 14.5. The number of amides is 3. The number of aliphatic imine (C=N–C) groups is 1. The second kappa shape index (κ2) is 10.7. The van der Waals surface area contributed by atoms with Gasteiger partial charge in [-0.1, -0.05) is 24.6 Å². The molecular weight excluding hydrogens is 464 g/mol. The van der Waals surface area contributed by atoms with Crippen LogP contribution < -0.4 is 22.1 Å². The Morgan fingerprint density at radius 3 is 2.56 bits per heavy atom. The van der Waals surface area contributed by atoms with Crippen LogP contribution in [0.1, 0.15) is 47.2 Å². The number of carbonyl (C=O) groups excluding carboxylic acids is 3. The van der Waals surface area contributed by atoms with E-state index >= 15 is 0 Å². The largest absolute Gasteiger partial charge is 0.481 e. The van der Waals surface area contributed by atoms with E-state index in [0.29, 0.717) is 48.6 Å². The van der Waals surface area contributed by atoms with Crippen molar-refractivity contribution < 1.29 is 24.3 Å². The third-order valence-corrected chi connectivity index (χ3v) is 6.12. The molecule has 0 fully saturated rings.